The summed E-state index contributed by atoms with van der Waals surface area (Å²) in [5.41, 5.74) is 1.12. The minimum absolute atomic E-state index is 0.0733. The molecule has 9 nitrogen and oxygen atoms in total. The summed E-state index contributed by atoms with van der Waals surface area (Å²) in [4.78, 5) is 36.1. The Labute approximate surface area is 162 Å². The van der Waals surface area contributed by atoms with Crippen LogP contribution in [0.1, 0.15) is 44.6 Å². The van der Waals surface area contributed by atoms with E-state index in [-0.39, 0.29) is 29.7 Å². The highest BCUT2D eigenvalue weighted by atomic mass is 16.6. The fourth-order valence-corrected chi connectivity index (χ4v) is 4.36. The molecule has 3 atom stereocenters. The van der Waals surface area contributed by atoms with Crippen molar-refractivity contribution in [3.63, 3.8) is 0 Å². The lowest BCUT2D eigenvalue weighted by Crippen LogP contribution is -2.41. The number of methoxy groups -OCH3 is 1. The van der Waals surface area contributed by atoms with Crippen LogP contribution >= 0.6 is 0 Å². The first-order valence-corrected chi connectivity index (χ1v) is 9.50. The Morgan fingerprint density at radius 3 is 2.71 bits per heavy atom. The van der Waals surface area contributed by atoms with Crippen LogP contribution in [0.25, 0.3) is 0 Å². The van der Waals surface area contributed by atoms with Crippen molar-refractivity contribution in [2.75, 3.05) is 17.3 Å². The normalized spacial score (nSPS) is 24.2. The highest BCUT2D eigenvalue weighted by molar-refractivity contribution is 5.91. The second-order valence-electron chi connectivity index (χ2n) is 7.48. The standard InChI is InChI=1S/C19H25N3O6/c1-11-6-7-14-16(21(11)19(24)25)9-8-15(17(14)22(26)27)20-13-5-3-4-12(10-13)18(23)28-2/h8-9,11-13,20H,3-7,10H2,1-2H3,(H,24,25)/t11-,12+,13+/m0/s1. The molecule has 1 aliphatic carbocycles. The molecule has 28 heavy (non-hydrogen) atoms. The molecule has 0 saturated heterocycles. The Morgan fingerprint density at radius 1 is 1.32 bits per heavy atom. The zero-order valence-electron chi connectivity index (χ0n) is 16.0. The number of amides is 1. The number of hydrogen-bond donors (Lipinski definition) is 2. The molecular weight excluding hydrogens is 366 g/mol. The lowest BCUT2D eigenvalue weighted by atomic mass is 9.85. The SMILES string of the molecule is COC(=O)[C@@H]1CCC[C@@H](Nc2ccc3c(c2[N+](=O)[O-])CC[C@H](C)N3C(=O)O)C1. The molecule has 2 aliphatic rings. The molecule has 0 radical (unpaired) electrons. The van der Waals surface area contributed by atoms with Gasteiger partial charge in [0.1, 0.15) is 5.69 Å². The van der Waals surface area contributed by atoms with Crippen molar-refractivity contribution < 1.29 is 24.4 Å². The van der Waals surface area contributed by atoms with E-state index in [1.807, 2.05) is 0 Å². The molecule has 9 heteroatoms. The number of nitrogens with zero attached hydrogens (tertiary/aromatic N) is 2. The number of benzene rings is 1. The van der Waals surface area contributed by atoms with Crippen LogP contribution in [0.5, 0.6) is 0 Å². The van der Waals surface area contributed by atoms with Gasteiger partial charge in [0.15, 0.2) is 0 Å². The maximum absolute atomic E-state index is 11.8. The third-order valence-electron chi connectivity index (χ3n) is 5.73. The summed E-state index contributed by atoms with van der Waals surface area (Å²) >= 11 is 0. The third kappa shape index (κ3) is 3.74. The van der Waals surface area contributed by atoms with E-state index in [1.54, 1.807) is 19.1 Å². The molecule has 1 aromatic carbocycles. The van der Waals surface area contributed by atoms with E-state index in [4.69, 9.17) is 4.74 Å². The smallest absolute Gasteiger partial charge is 0.412 e. The minimum Gasteiger partial charge on any atom is -0.469 e. The fourth-order valence-electron chi connectivity index (χ4n) is 4.36. The van der Waals surface area contributed by atoms with Crippen LogP contribution in [0.2, 0.25) is 0 Å². The van der Waals surface area contributed by atoms with Gasteiger partial charge in [-0.1, -0.05) is 6.42 Å². The lowest BCUT2D eigenvalue weighted by Gasteiger charge is -2.33. The molecule has 1 aliphatic heterocycles. The molecule has 0 unspecified atom stereocenters. The summed E-state index contributed by atoms with van der Waals surface area (Å²) in [6.07, 6.45) is 2.80. The quantitative estimate of drug-likeness (QED) is 0.457. The van der Waals surface area contributed by atoms with E-state index < -0.39 is 11.0 Å². The van der Waals surface area contributed by atoms with Crippen LogP contribution in [0.15, 0.2) is 12.1 Å². The molecule has 3 rings (SSSR count). The molecule has 1 amide bonds. The van der Waals surface area contributed by atoms with E-state index in [2.05, 4.69) is 5.32 Å². The Bertz CT molecular complexity index is 796. The van der Waals surface area contributed by atoms with Crippen molar-refractivity contribution in [1.82, 2.24) is 0 Å². The Balaban J connectivity index is 1.91. The van der Waals surface area contributed by atoms with Gasteiger partial charge in [0.25, 0.3) is 5.69 Å². The van der Waals surface area contributed by atoms with Crippen molar-refractivity contribution in [1.29, 1.82) is 0 Å². The summed E-state index contributed by atoms with van der Waals surface area (Å²) in [5, 5.41) is 24.6. The number of nitro groups is 1. The largest absolute Gasteiger partial charge is 0.469 e. The molecule has 1 aromatic rings. The number of nitro benzene ring substituents is 1. The Hall–Kier alpha value is -2.84. The van der Waals surface area contributed by atoms with E-state index >= 15 is 0 Å². The van der Waals surface area contributed by atoms with Crippen LogP contribution in [-0.4, -0.2) is 41.3 Å². The van der Waals surface area contributed by atoms with Gasteiger partial charge in [-0.15, -0.1) is 0 Å². The fraction of sp³-hybridized carbons (Fsp3) is 0.579. The first-order valence-electron chi connectivity index (χ1n) is 9.50. The number of anilines is 2. The number of rotatable bonds is 4. The molecule has 0 spiro atoms. The molecule has 1 saturated carbocycles. The second kappa shape index (κ2) is 8.04. The van der Waals surface area contributed by atoms with Crippen LogP contribution in [0.3, 0.4) is 0 Å². The first-order chi connectivity index (χ1) is 13.3. The number of carbonyl (C=O) groups excluding carboxylic acids is 1. The second-order valence-corrected chi connectivity index (χ2v) is 7.48. The van der Waals surface area contributed by atoms with Crippen molar-refractivity contribution in [3.05, 3.63) is 27.8 Å². The monoisotopic (exact) mass is 391 g/mol. The van der Waals surface area contributed by atoms with Gasteiger partial charge in [0.2, 0.25) is 0 Å². The molecule has 152 valence electrons. The van der Waals surface area contributed by atoms with Crippen LogP contribution < -0.4 is 10.2 Å². The van der Waals surface area contributed by atoms with Gasteiger partial charge in [0, 0.05) is 12.1 Å². The number of fused-ring (bicyclic) bond motifs is 1. The maximum atomic E-state index is 11.8. The van der Waals surface area contributed by atoms with E-state index in [1.165, 1.54) is 12.0 Å². The highest BCUT2D eigenvalue weighted by Crippen LogP contribution is 2.42. The van der Waals surface area contributed by atoms with Gasteiger partial charge in [-0.2, -0.15) is 0 Å². The molecular formula is C19H25N3O6. The summed E-state index contributed by atoms with van der Waals surface area (Å²) in [5.74, 6) is -0.464. The van der Waals surface area contributed by atoms with Crippen LogP contribution in [0, 0.1) is 16.0 Å². The van der Waals surface area contributed by atoms with Crippen LogP contribution in [0.4, 0.5) is 21.9 Å². The average molecular weight is 391 g/mol. The molecule has 1 heterocycles. The number of carbonyl (C=O) groups is 2. The predicted molar refractivity (Wildman–Crippen MR) is 103 cm³/mol. The molecule has 0 aromatic heterocycles. The number of carboxylic acid groups (broad SMARTS) is 1. The summed E-state index contributed by atoms with van der Waals surface area (Å²) in [6.45, 7) is 1.80. The number of hydrogen-bond acceptors (Lipinski definition) is 6. The number of nitrogens with one attached hydrogen (secondary N) is 1. The topological polar surface area (TPSA) is 122 Å². The van der Waals surface area contributed by atoms with E-state index in [0.717, 1.165) is 19.3 Å². The summed E-state index contributed by atoms with van der Waals surface area (Å²) in [7, 11) is 1.36. The zero-order chi connectivity index (χ0) is 20.4. The predicted octanol–water partition coefficient (Wildman–Crippen LogP) is 3.56. The maximum Gasteiger partial charge on any atom is 0.412 e. The molecule has 1 fully saturated rings. The lowest BCUT2D eigenvalue weighted by molar-refractivity contribution is -0.384. The Morgan fingerprint density at radius 2 is 2.07 bits per heavy atom. The van der Waals surface area contributed by atoms with Gasteiger partial charge in [-0.3, -0.25) is 19.8 Å². The van der Waals surface area contributed by atoms with Crippen molar-refractivity contribution >= 4 is 29.1 Å². The van der Waals surface area contributed by atoms with Gasteiger partial charge in [-0.25, -0.2) is 4.79 Å². The summed E-state index contributed by atoms with van der Waals surface area (Å²) in [6, 6.07) is 2.90. The highest BCUT2D eigenvalue weighted by Gasteiger charge is 2.35. The minimum atomic E-state index is -1.11. The van der Waals surface area contributed by atoms with E-state index in [9.17, 15) is 24.8 Å². The van der Waals surface area contributed by atoms with Crippen LogP contribution in [-0.2, 0) is 16.0 Å². The summed E-state index contributed by atoms with van der Waals surface area (Å²) < 4.78 is 4.83. The number of ether oxygens (including phenoxy) is 1. The molecule has 2 N–H and O–H groups in total. The van der Waals surface area contributed by atoms with Gasteiger partial charge >= 0.3 is 12.1 Å². The van der Waals surface area contributed by atoms with Crippen molar-refractivity contribution in [2.24, 2.45) is 5.92 Å². The van der Waals surface area contributed by atoms with Gasteiger partial charge in [0.05, 0.1) is 29.2 Å². The number of esters is 1. The Kier molecular flexibility index (Phi) is 5.71. The van der Waals surface area contributed by atoms with Gasteiger partial charge in [-0.05, 0) is 51.2 Å². The molecule has 0 bridgehead atoms. The average Bonchev–Trinajstić information content (AvgIpc) is 2.66. The van der Waals surface area contributed by atoms with Crippen molar-refractivity contribution in [3.8, 4) is 0 Å². The van der Waals surface area contributed by atoms with Crippen molar-refractivity contribution in [2.45, 2.75) is 57.5 Å². The van der Waals surface area contributed by atoms with Gasteiger partial charge < -0.3 is 15.2 Å². The van der Waals surface area contributed by atoms with E-state index in [0.29, 0.717) is 36.2 Å². The zero-order valence-corrected chi connectivity index (χ0v) is 16.0. The third-order valence-corrected chi connectivity index (χ3v) is 5.73. The first kappa shape index (κ1) is 19.9.